The Labute approximate surface area is 144 Å². The molecule has 0 aliphatic carbocycles. The molecule has 0 aliphatic rings. The van der Waals surface area contributed by atoms with E-state index in [1.165, 1.54) is 0 Å². The van der Waals surface area contributed by atoms with Crippen molar-refractivity contribution in [2.24, 2.45) is 0 Å². The predicted octanol–water partition coefficient (Wildman–Crippen LogP) is 4.18. The summed E-state index contributed by atoms with van der Waals surface area (Å²) in [6.07, 6.45) is 0. The third kappa shape index (κ3) is 4.42. The van der Waals surface area contributed by atoms with Gasteiger partial charge in [-0.2, -0.15) is 0 Å². The summed E-state index contributed by atoms with van der Waals surface area (Å²) in [6.45, 7) is 5.20. The van der Waals surface area contributed by atoms with Crippen LogP contribution in [0.25, 0.3) is 0 Å². The van der Waals surface area contributed by atoms with Gasteiger partial charge in [-0.05, 0) is 50.2 Å². The fourth-order valence-electron chi connectivity index (χ4n) is 2.26. The Morgan fingerprint density at radius 1 is 1.00 bits per heavy atom. The summed E-state index contributed by atoms with van der Waals surface area (Å²) in [4.78, 5) is 26.4. The maximum Gasteiger partial charge on any atom is 0.255 e. The first-order valence-electron chi connectivity index (χ1n) is 7.51. The molecule has 0 saturated carbocycles. The van der Waals surface area contributed by atoms with Crippen molar-refractivity contribution in [2.45, 2.75) is 13.8 Å². The Bertz CT molecular complexity index is 712. The van der Waals surface area contributed by atoms with Crippen LogP contribution in [0, 0.1) is 0 Å². The van der Waals surface area contributed by atoms with E-state index in [1.807, 2.05) is 19.9 Å². The number of hydrogen-bond donors (Lipinski definition) is 1. The van der Waals surface area contributed by atoms with Crippen LogP contribution in [0.3, 0.4) is 0 Å². The number of nitrogens with one attached hydrogen (secondary N) is 1. The number of rotatable bonds is 5. The van der Waals surface area contributed by atoms with Gasteiger partial charge in [-0.1, -0.05) is 28.1 Å². The molecule has 4 nitrogen and oxygen atoms in total. The van der Waals surface area contributed by atoms with Crippen LogP contribution in [-0.2, 0) is 0 Å². The zero-order valence-electron chi connectivity index (χ0n) is 13.2. The lowest BCUT2D eigenvalue weighted by Gasteiger charge is -2.19. The van der Waals surface area contributed by atoms with Crippen LogP contribution in [0.5, 0.6) is 0 Å². The van der Waals surface area contributed by atoms with Crippen LogP contribution in [0.4, 0.5) is 5.69 Å². The molecule has 0 spiro atoms. The summed E-state index contributed by atoms with van der Waals surface area (Å²) in [5, 5.41) is 2.83. The van der Waals surface area contributed by atoms with E-state index in [0.29, 0.717) is 29.9 Å². The van der Waals surface area contributed by atoms with Gasteiger partial charge >= 0.3 is 0 Å². The van der Waals surface area contributed by atoms with Crippen molar-refractivity contribution in [3.05, 3.63) is 64.1 Å². The molecule has 0 atom stereocenters. The molecule has 0 aliphatic heterocycles. The molecule has 0 aromatic heterocycles. The fourth-order valence-corrected chi connectivity index (χ4v) is 2.66. The second kappa shape index (κ2) is 7.92. The summed E-state index contributed by atoms with van der Waals surface area (Å²) in [5.41, 5.74) is 1.73. The minimum atomic E-state index is -0.210. The van der Waals surface area contributed by atoms with Gasteiger partial charge in [-0.3, -0.25) is 9.59 Å². The number of benzene rings is 2. The second-order valence-electron chi connectivity index (χ2n) is 5.02. The first-order chi connectivity index (χ1) is 11.0. The van der Waals surface area contributed by atoms with Gasteiger partial charge in [0.2, 0.25) is 0 Å². The third-order valence-electron chi connectivity index (χ3n) is 3.50. The average Bonchev–Trinajstić information content (AvgIpc) is 2.56. The number of halogens is 1. The number of hydrogen-bond acceptors (Lipinski definition) is 2. The smallest absolute Gasteiger partial charge is 0.255 e. The van der Waals surface area contributed by atoms with Crippen LogP contribution >= 0.6 is 15.9 Å². The fraction of sp³-hybridized carbons (Fsp3) is 0.222. The van der Waals surface area contributed by atoms with E-state index >= 15 is 0 Å². The SMILES string of the molecule is CCN(CC)C(=O)c1cccc(NC(=O)c2cccc(Br)c2)c1. The molecule has 0 heterocycles. The average molecular weight is 375 g/mol. The minimum absolute atomic E-state index is 0.0337. The zero-order chi connectivity index (χ0) is 16.8. The molecule has 0 fully saturated rings. The maximum atomic E-state index is 12.4. The molecule has 0 bridgehead atoms. The molecule has 120 valence electrons. The van der Waals surface area contributed by atoms with Crippen molar-refractivity contribution < 1.29 is 9.59 Å². The number of amides is 2. The molecule has 2 aromatic carbocycles. The van der Waals surface area contributed by atoms with Crippen LogP contribution in [0.2, 0.25) is 0 Å². The molecule has 0 unspecified atom stereocenters. The summed E-state index contributed by atoms with van der Waals surface area (Å²) in [5.74, 6) is -0.243. The van der Waals surface area contributed by atoms with Gasteiger partial charge in [0.1, 0.15) is 0 Å². The monoisotopic (exact) mass is 374 g/mol. The van der Waals surface area contributed by atoms with E-state index in [0.717, 1.165) is 4.47 Å². The van der Waals surface area contributed by atoms with Gasteiger partial charge in [0, 0.05) is 34.4 Å². The second-order valence-corrected chi connectivity index (χ2v) is 5.94. The molecule has 5 heteroatoms. The highest BCUT2D eigenvalue weighted by Crippen LogP contribution is 2.16. The summed E-state index contributed by atoms with van der Waals surface area (Å²) in [7, 11) is 0. The van der Waals surface area contributed by atoms with Gasteiger partial charge in [-0.25, -0.2) is 0 Å². The Morgan fingerprint density at radius 3 is 2.30 bits per heavy atom. The first-order valence-corrected chi connectivity index (χ1v) is 8.30. The lowest BCUT2D eigenvalue weighted by Crippen LogP contribution is -2.30. The molecule has 2 rings (SSSR count). The minimum Gasteiger partial charge on any atom is -0.339 e. The first kappa shape index (κ1) is 17.2. The predicted molar refractivity (Wildman–Crippen MR) is 95.8 cm³/mol. The Morgan fingerprint density at radius 2 is 1.65 bits per heavy atom. The summed E-state index contributed by atoms with van der Waals surface area (Å²) >= 11 is 3.35. The number of carbonyl (C=O) groups excluding carboxylic acids is 2. The van der Waals surface area contributed by atoms with Crippen molar-refractivity contribution in [1.82, 2.24) is 4.90 Å². The molecule has 0 radical (unpaired) electrons. The molecule has 2 aromatic rings. The van der Waals surface area contributed by atoms with Crippen molar-refractivity contribution in [3.8, 4) is 0 Å². The van der Waals surface area contributed by atoms with Crippen molar-refractivity contribution >= 4 is 33.4 Å². The lowest BCUT2D eigenvalue weighted by molar-refractivity contribution is 0.0772. The molecule has 1 N–H and O–H groups in total. The molecule has 23 heavy (non-hydrogen) atoms. The van der Waals surface area contributed by atoms with Gasteiger partial charge in [0.25, 0.3) is 11.8 Å². The highest BCUT2D eigenvalue weighted by Gasteiger charge is 2.13. The Hall–Kier alpha value is -2.14. The lowest BCUT2D eigenvalue weighted by atomic mass is 10.1. The van der Waals surface area contributed by atoms with Gasteiger partial charge < -0.3 is 10.2 Å². The molecule has 2 amide bonds. The number of anilines is 1. The Balaban J connectivity index is 2.17. The standard InChI is InChI=1S/C18H19BrN2O2/c1-3-21(4-2)18(23)14-8-6-10-16(12-14)20-17(22)13-7-5-9-15(19)11-13/h5-12H,3-4H2,1-2H3,(H,20,22). The highest BCUT2D eigenvalue weighted by atomic mass is 79.9. The van der Waals surface area contributed by atoms with Crippen LogP contribution in [0.1, 0.15) is 34.6 Å². The third-order valence-corrected chi connectivity index (χ3v) is 4.00. The maximum absolute atomic E-state index is 12.4. The van der Waals surface area contributed by atoms with E-state index in [1.54, 1.807) is 47.4 Å². The molecule has 0 saturated heterocycles. The van der Waals surface area contributed by atoms with E-state index in [9.17, 15) is 9.59 Å². The normalized spacial score (nSPS) is 10.2. The molecular formula is C18H19BrN2O2. The summed E-state index contributed by atoms with van der Waals surface area (Å²) in [6, 6.07) is 14.2. The topological polar surface area (TPSA) is 49.4 Å². The van der Waals surface area contributed by atoms with E-state index in [-0.39, 0.29) is 11.8 Å². The molecular weight excluding hydrogens is 356 g/mol. The van der Waals surface area contributed by atoms with Crippen LogP contribution in [0.15, 0.2) is 53.0 Å². The van der Waals surface area contributed by atoms with Gasteiger partial charge in [-0.15, -0.1) is 0 Å². The number of nitrogens with zero attached hydrogens (tertiary/aromatic N) is 1. The van der Waals surface area contributed by atoms with Crippen molar-refractivity contribution in [1.29, 1.82) is 0 Å². The highest BCUT2D eigenvalue weighted by molar-refractivity contribution is 9.10. The van der Waals surface area contributed by atoms with Crippen molar-refractivity contribution in [2.75, 3.05) is 18.4 Å². The zero-order valence-corrected chi connectivity index (χ0v) is 14.8. The van der Waals surface area contributed by atoms with Crippen molar-refractivity contribution in [3.63, 3.8) is 0 Å². The van der Waals surface area contributed by atoms with E-state index < -0.39 is 0 Å². The van der Waals surface area contributed by atoms with Gasteiger partial charge in [0.05, 0.1) is 0 Å². The largest absolute Gasteiger partial charge is 0.339 e. The quantitative estimate of drug-likeness (QED) is 0.852. The Kier molecular flexibility index (Phi) is 5.93. The summed E-state index contributed by atoms with van der Waals surface area (Å²) < 4.78 is 0.843. The van der Waals surface area contributed by atoms with Crippen LogP contribution < -0.4 is 5.32 Å². The number of carbonyl (C=O) groups is 2. The van der Waals surface area contributed by atoms with E-state index in [4.69, 9.17) is 0 Å². The van der Waals surface area contributed by atoms with E-state index in [2.05, 4.69) is 21.2 Å². The van der Waals surface area contributed by atoms with Gasteiger partial charge in [0.15, 0.2) is 0 Å². The van der Waals surface area contributed by atoms with Crippen LogP contribution in [-0.4, -0.2) is 29.8 Å².